The van der Waals surface area contributed by atoms with Crippen LogP contribution >= 0.6 is 0 Å². The first kappa shape index (κ1) is 60.7. The first-order chi connectivity index (χ1) is 41.2. The molecule has 18 nitrogen and oxygen atoms in total. The van der Waals surface area contributed by atoms with Gasteiger partial charge in [0.25, 0.3) is 11.8 Å². The summed E-state index contributed by atoms with van der Waals surface area (Å²) in [7, 11) is 0. The van der Waals surface area contributed by atoms with Crippen LogP contribution in [0.1, 0.15) is 122 Å². The maximum atomic E-state index is 13.3. The lowest BCUT2D eigenvalue weighted by Crippen LogP contribution is -2.24. The SMILES string of the molecule is CCOC(=O)COc1c2cc(C(C)(C)C)cc1Cc1cc(/C=N/NC(=O)COc3cccc4cccnc34)cc(c1O)Cc1cc(C(C)(C)C)cc(c1OCC(=O)OCC)Cc1cc(C=NNC(=O)COc3cccc4cccnc34)cc(c1O)C2. The van der Waals surface area contributed by atoms with Crippen LogP contribution in [0.25, 0.3) is 21.8 Å². The Hall–Kier alpha value is -9.84. The van der Waals surface area contributed by atoms with Crippen molar-refractivity contribution >= 4 is 58.0 Å². The molecule has 9 rings (SSSR count). The summed E-state index contributed by atoms with van der Waals surface area (Å²) in [5.41, 5.74) is 12.5. The number of carbonyl (C=O) groups is 4. The summed E-state index contributed by atoms with van der Waals surface area (Å²) < 4.78 is 35.5. The standard InChI is InChI=1S/C68H70N6O12/c1-9-81-59(77)39-85-65-49-27-45-23-41(35-71-73-57(75)37-83-55-19-11-15-43-17-13-21-69-61(43)55)25-47(63(45)79)29-51-33-54(68(6,7)8)34-52(66(51)86-40-60(78)82-10-2)30-48-26-42(24-46(64(48)80)28-50(65)32-53(31-49)67(3,4)5)36-72-74-58(76)38-84-56-20-12-16-44-18-14-22-70-62(44)56/h11-26,31-36,79-80H,9-10,27-30,37-40H2,1-8H3,(H,73,75)(H,74,76)/b71-35+,72-36?. The summed E-state index contributed by atoms with van der Waals surface area (Å²) in [6.07, 6.45) is 6.48. The molecule has 0 fully saturated rings. The topological polar surface area (TPSA) is 239 Å². The van der Waals surface area contributed by atoms with Gasteiger partial charge in [-0.3, -0.25) is 19.6 Å². The second-order valence-electron chi connectivity index (χ2n) is 22.8. The molecule has 0 spiro atoms. The highest BCUT2D eigenvalue weighted by molar-refractivity contribution is 5.88. The van der Waals surface area contributed by atoms with Crippen molar-refractivity contribution in [3.05, 3.63) is 188 Å². The van der Waals surface area contributed by atoms with Gasteiger partial charge in [-0.2, -0.15) is 10.2 Å². The van der Waals surface area contributed by atoms with Crippen molar-refractivity contribution in [2.45, 2.75) is 91.9 Å². The maximum absolute atomic E-state index is 13.3. The Kier molecular flexibility index (Phi) is 18.9. The summed E-state index contributed by atoms with van der Waals surface area (Å²) in [6, 6.07) is 33.3. The van der Waals surface area contributed by atoms with Crippen LogP contribution in [0, 0.1) is 0 Å². The van der Waals surface area contributed by atoms with E-state index in [1.165, 1.54) is 12.4 Å². The molecule has 2 aromatic heterocycles. The number of para-hydroxylation sites is 2. The zero-order valence-electron chi connectivity index (χ0n) is 49.5. The Bertz CT molecular complexity index is 3560. The number of rotatable bonds is 18. The molecule has 86 heavy (non-hydrogen) atoms. The van der Waals surface area contributed by atoms with Gasteiger partial charge in [-0.25, -0.2) is 20.4 Å². The molecule has 18 heteroatoms. The summed E-state index contributed by atoms with van der Waals surface area (Å²) in [5.74, 6) is -0.823. The van der Waals surface area contributed by atoms with E-state index in [-0.39, 0.29) is 63.6 Å². The number of ether oxygens (including phenoxy) is 6. The van der Waals surface area contributed by atoms with E-state index in [0.29, 0.717) is 89.7 Å². The van der Waals surface area contributed by atoms with E-state index in [1.54, 1.807) is 62.6 Å². The molecule has 4 N–H and O–H groups in total. The predicted octanol–water partition coefficient (Wildman–Crippen LogP) is 10.4. The molecule has 8 aromatic rings. The molecule has 2 amide bonds. The third kappa shape index (κ3) is 15.1. The molecule has 444 valence electrons. The van der Waals surface area contributed by atoms with Crippen LogP contribution in [0.2, 0.25) is 0 Å². The minimum atomic E-state index is -0.600. The van der Waals surface area contributed by atoms with Crippen LogP contribution in [0.5, 0.6) is 34.5 Å². The monoisotopic (exact) mass is 1160 g/mol. The van der Waals surface area contributed by atoms with Gasteiger partial charge < -0.3 is 38.6 Å². The van der Waals surface area contributed by atoms with E-state index >= 15 is 0 Å². The number of carbonyl (C=O) groups excluding carboxylic acids is 4. The Morgan fingerprint density at radius 1 is 0.488 bits per heavy atom. The van der Waals surface area contributed by atoms with Gasteiger partial charge in [-0.15, -0.1) is 0 Å². The predicted molar refractivity (Wildman–Crippen MR) is 328 cm³/mol. The number of pyridine rings is 2. The van der Waals surface area contributed by atoms with Crippen molar-refractivity contribution < 1.29 is 57.8 Å². The number of nitrogens with zero attached hydrogens (tertiary/aromatic N) is 4. The van der Waals surface area contributed by atoms with Crippen molar-refractivity contribution in [3.63, 3.8) is 0 Å². The number of aromatic hydroxyl groups is 2. The van der Waals surface area contributed by atoms with Gasteiger partial charge in [0.05, 0.1) is 25.6 Å². The van der Waals surface area contributed by atoms with Crippen LogP contribution in [0.4, 0.5) is 0 Å². The molecular formula is C68H70N6O12. The molecule has 0 saturated heterocycles. The Morgan fingerprint density at radius 3 is 1.17 bits per heavy atom. The fourth-order valence-electron chi connectivity index (χ4n) is 10.1. The molecule has 0 unspecified atom stereocenters. The number of phenolic OH excluding ortho intramolecular Hbond substituents is 2. The van der Waals surface area contributed by atoms with E-state index in [9.17, 15) is 29.4 Å². The maximum Gasteiger partial charge on any atom is 0.344 e. The third-order valence-corrected chi connectivity index (χ3v) is 14.3. The molecule has 1 aliphatic carbocycles. The first-order valence-electron chi connectivity index (χ1n) is 28.4. The number of hydrazone groups is 2. The minimum Gasteiger partial charge on any atom is -0.507 e. The summed E-state index contributed by atoms with van der Waals surface area (Å²) in [5, 5.41) is 35.8. The number of hydrogen-bond acceptors (Lipinski definition) is 16. The highest BCUT2D eigenvalue weighted by atomic mass is 16.6. The minimum absolute atomic E-state index is 0.0514. The average Bonchev–Trinajstić information content (AvgIpc) is 1.03. The van der Waals surface area contributed by atoms with Gasteiger partial charge in [0.1, 0.15) is 45.5 Å². The van der Waals surface area contributed by atoms with E-state index in [1.807, 2.05) is 72.8 Å². The number of fused-ring (bicyclic) bond motifs is 10. The number of esters is 2. The van der Waals surface area contributed by atoms with Gasteiger partial charge in [-0.05, 0) is 140 Å². The number of hydrogen-bond donors (Lipinski definition) is 4. The average molecular weight is 1160 g/mol. The van der Waals surface area contributed by atoms with Crippen molar-refractivity contribution in [2.24, 2.45) is 10.2 Å². The Labute approximate surface area is 499 Å². The van der Waals surface area contributed by atoms with Crippen LogP contribution < -0.4 is 29.8 Å². The number of aromatic nitrogens is 2. The lowest BCUT2D eigenvalue weighted by Gasteiger charge is -2.26. The Morgan fingerprint density at radius 2 is 0.837 bits per heavy atom. The number of benzene rings is 6. The fraction of sp³-hybridized carbons (Fsp3) is 0.294. The van der Waals surface area contributed by atoms with E-state index in [0.717, 1.165) is 21.9 Å². The highest BCUT2D eigenvalue weighted by Crippen LogP contribution is 2.42. The van der Waals surface area contributed by atoms with Gasteiger partial charge >= 0.3 is 11.9 Å². The van der Waals surface area contributed by atoms with Crippen molar-refractivity contribution in [1.82, 2.24) is 20.8 Å². The van der Waals surface area contributed by atoms with Crippen LogP contribution in [-0.2, 0) is 65.2 Å². The fourth-order valence-corrected chi connectivity index (χ4v) is 10.1. The molecule has 6 aromatic carbocycles. The molecule has 0 saturated carbocycles. The van der Waals surface area contributed by atoms with Gasteiger partial charge in [0, 0.05) is 48.8 Å². The smallest absolute Gasteiger partial charge is 0.344 e. The third-order valence-electron chi connectivity index (χ3n) is 14.3. The molecule has 0 atom stereocenters. The molecular weight excluding hydrogens is 1090 g/mol. The second-order valence-corrected chi connectivity index (χ2v) is 22.8. The molecule has 2 heterocycles. The number of nitrogens with one attached hydrogen (secondary N) is 2. The molecule has 8 bridgehead atoms. The summed E-state index contributed by atoms with van der Waals surface area (Å²) in [6.45, 7) is 14.5. The normalized spacial score (nSPS) is 12.5. The van der Waals surface area contributed by atoms with Gasteiger partial charge in [0.2, 0.25) is 0 Å². The lowest BCUT2D eigenvalue weighted by molar-refractivity contribution is -0.146. The molecule has 0 aliphatic heterocycles. The number of phenols is 2. The Balaban J connectivity index is 1.16. The summed E-state index contributed by atoms with van der Waals surface area (Å²) >= 11 is 0. The second kappa shape index (κ2) is 26.8. The van der Waals surface area contributed by atoms with Crippen LogP contribution in [0.3, 0.4) is 0 Å². The van der Waals surface area contributed by atoms with E-state index in [2.05, 4.69) is 72.6 Å². The van der Waals surface area contributed by atoms with Crippen molar-refractivity contribution in [1.29, 1.82) is 0 Å². The van der Waals surface area contributed by atoms with Crippen LogP contribution in [-0.4, -0.2) is 96.0 Å². The highest BCUT2D eigenvalue weighted by Gasteiger charge is 2.28. The van der Waals surface area contributed by atoms with E-state index in [4.69, 9.17) is 28.4 Å². The zero-order valence-corrected chi connectivity index (χ0v) is 49.5. The zero-order chi connectivity index (χ0) is 61.1. The summed E-state index contributed by atoms with van der Waals surface area (Å²) in [4.78, 5) is 61.7. The lowest BCUT2D eigenvalue weighted by atomic mass is 9.81. The van der Waals surface area contributed by atoms with Crippen molar-refractivity contribution in [2.75, 3.05) is 39.6 Å². The number of amides is 2. The van der Waals surface area contributed by atoms with Gasteiger partial charge in [-0.1, -0.05) is 102 Å². The first-order valence-corrected chi connectivity index (χ1v) is 28.4. The van der Waals surface area contributed by atoms with E-state index < -0.39 is 47.8 Å². The molecule has 1 aliphatic rings. The largest absolute Gasteiger partial charge is 0.507 e. The quantitative estimate of drug-likeness (QED) is 0.0355. The van der Waals surface area contributed by atoms with Crippen LogP contribution in [0.15, 0.2) is 132 Å². The van der Waals surface area contributed by atoms with Gasteiger partial charge in [0.15, 0.2) is 26.4 Å². The molecule has 0 radical (unpaired) electrons. The van der Waals surface area contributed by atoms with Crippen molar-refractivity contribution in [3.8, 4) is 34.5 Å².